The van der Waals surface area contributed by atoms with E-state index in [0.717, 1.165) is 12.0 Å². The van der Waals surface area contributed by atoms with Crippen LogP contribution in [0.15, 0.2) is 42.5 Å². The molecule has 3 nitrogen and oxygen atoms in total. The van der Waals surface area contributed by atoms with Crippen LogP contribution in [0.1, 0.15) is 30.6 Å². The smallest absolute Gasteiger partial charge is 0.338 e. The number of phenols is 1. The van der Waals surface area contributed by atoms with Gasteiger partial charge < -0.3 is 9.84 Å². The van der Waals surface area contributed by atoms with Gasteiger partial charge in [-0.25, -0.2) is 9.18 Å². The fourth-order valence-corrected chi connectivity index (χ4v) is 1.90. The Bertz CT molecular complexity index is 650. The van der Waals surface area contributed by atoms with Crippen molar-refractivity contribution < 1.29 is 19.0 Å². The minimum atomic E-state index is -0.672. The third-order valence-electron chi connectivity index (χ3n) is 3.60. The summed E-state index contributed by atoms with van der Waals surface area (Å²) in [5.74, 6) is -1.07. The number of ether oxygens (including phenoxy) is 1. The summed E-state index contributed by atoms with van der Waals surface area (Å²) in [5.41, 5.74) is 1.86. The van der Waals surface area contributed by atoms with Gasteiger partial charge in [-0.2, -0.15) is 0 Å². The quantitative estimate of drug-likeness (QED) is 0.833. The third-order valence-corrected chi connectivity index (χ3v) is 3.60. The van der Waals surface area contributed by atoms with E-state index in [-0.39, 0.29) is 11.7 Å². The van der Waals surface area contributed by atoms with Crippen molar-refractivity contribution in [3.63, 3.8) is 0 Å². The molecule has 0 fully saturated rings. The average Bonchev–Trinajstić information content (AvgIpc) is 2.55. The van der Waals surface area contributed by atoms with Crippen molar-refractivity contribution in [2.24, 2.45) is 5.92 Å². The van der Waals surface area contributed by atoms with Gasteiger partial charge in [-0.3, -0.25) is 0 Å². The van der Waals surface area contributed by atoms with E-state index < -0.39 is 5.82 Å². The molecule has 0 aliphatic heterocycles. The summed E-state index contributed by atoms with van der Waals surface area (Å²) < 4.78 is 18.6. The van der Waals surface area contributed by atoms with Crippen LogP contribution in [0.4, 0.5) is 4.39 Å². The van der Waals surface area contributed by atoms with Gasteiger partial charge >= 0.3 is 5.97 Å². The number of aromatic hydroxyl groups is 1. The van der Waals surface area contributed by atoms with Crippen LogP contribution >= 0.6 is 0 Å². The molecule has 0 aliphatic carbocycles. The van der Waals surface area contributed by atoms with Gasteiger partial charge in [-0.05, 0) is 41.3 Å². The van der Waals surface area contributed by atoms with Gasteiger partial charge in [0.05, 0.1) is 12.2 Å². The van der Waals surface area contributed by atoms with E-state index in [1.54, 1.807) is 30.3 Å². The van der Waals surface area contributed by atoms with Crippen molar-refractivity contribution in [2.75, 3.05) is 6.61 Å². The van der Waals surface area contributed by atoms with Crippen LogP contribution in [-0.2, 0) is 4.74 Å². The maximum absolute atomic E-state index is 13.4. The second-order valence-electron chi connectivity index (χ2n) is 5.36. The van der Waals surface area contributed by atoms with E-state index in [2.05, 4.69) is 0 Å². The minimum absolute atomic E-state index is 0.336. The Morgan fingerprint density at radius 1 is 1.18 bits per heavy atom. The van der Waals surface area contributed by atoms with E-state index in [0.29, 0.717) is 23.7 Å². The largest absolute Gasteiger partial charge is 0.505 e. The average molecular weight is 302 g/mol. The van der Waals surface area contributed by atoms with Crippen molar-refractivity contribution in [3.8, 4) is 16.9 Å². The van der Waals surface area contributed by atoms with E-state index in [9.17, 15) is 14.3 Å². The molecule has 1 unspecified atom stereocenters. The number of phenolic OH excluding ortho intramolecular Hbond substituents is 1. The molecular weight excluding hydrogens is 283 g/mol. The number of hydrogen-bond acceptors (Lipinski definition) is 3. The summed E-state index contributed by atoms with van der Waals surface area (Å²) in [4.78, 5) is 11.9. The standard InChI is InChI=1S/C18H19FO3/c1-3-12(2)11-22-18(21)14-6-4-13(5-7-14)15-8-9-17(20)16(19)10-15/h4-10,12,20H,3,11H2,1-2H3. The SMILES string of the molecule is CCC(C)COC(=O)c1ccc(-c2ccc(O)c(F)c2)cc1. The lowest BCUT2D eigenvalue weighted by molar-refractivity contribution is 0.0447. The maximum Gasteiger partial charge on any atom is 0.338 e. The second kappa shape index (κ2) is 7.07. The first-order chi connectivity index (χ1) is 10.5. The molecule has 116 valence electrons. The highest BCUT2D eigenvalue weighted by molar-refractivity contribution is 5.90. The van der Waals surface area contributed by atoms with Crippen molar-refractivity contribution in [1.29, 1.82) is 0 Å². The van der Waals surface area contributed by atoms with E-state index in [1.165, 1.54) is 12.1 Å². The lowest BCUT2D eigenvalue weighted by Crippen LogP contribution is -2.11. The topological polar surface area (TPSA) is 46.5 Å². The number of carbonyl (C=O) groups is 1. The summed E-state index contributed by atoms with van der Waals surface area (Å²) >= 11 is 0. The highest BCUT2D eigenvalue weighted by Crippen LogP contribution is 2.25. The highest BCUT2D eigenvalue weighted by Gasteiger charge is 2.10. The molecule has 0 saturated carbocycles. The molecule has 0 saturated heterocycles. The third kappa shape index (κ3) is 3.85. The Hall–Kier alpha value is -2.36. The summed E-state index contributed by atoms with van der Waals surface area (Å²) in [6.07, 6.45) is 0.957. The number of rotatable bonds is 5. The molecule has 0 bridgehead atoms. The van der Waals surface area contributed by atoms with Gasteiger partial charge in [-0.15, -0.1) is 0 Å². The molecule has 2 rings (SSSR count). The van der Waals surface area contributed by atoms with Crippen LogP contribution in [0.2, 0.25) is 0 Å². The maximum atomic E-state index is 13.4. The first kappa shape index (κ1) is 16.0. The molecule has 1 atom stereocenters. The van der Waals surface area contributed by atoms with Gasteiger partial charge in [0.15, 0.2) is 11.6 Å². The van der Waals surface area contributed by atoms with Crippen LogP contribution < -0.4 is 0 Å². The van der Waals surface area contributed by atoms with E-state index in [1.807, 2.05) is 13.8 Å². The van der Waals surface area contributed by atoms with Crippen LogP contribution in [-0.4, -0.2) is 17.7 Å². The molecule has 2 aromatic rings. The van der Waals surface area contributed by atoms with Crippen molar-refractivity contribution in [1.82, 2.24) is 0 Å². The van der Waals surface area contributed by atoms with Gasteiger partial charge in [0.1, 0.15) is 0 Å². The number of carbonyl (C=O) groups excluding carboxylic acids is 1. The van der Waals surface area contributed by atoms with Crippen LogP contribution in [0.5, 0.6) is 5.75 Å². The zero-order valence-electron chi connectivity index (χ0n) is 12.7. The number of benzene rings is 2. The summed E-state index contributed by atoms with van der Waals surface area (Å²) in [6.45, 7) is 4.47. The molecule has 0 spiro atoms. The second-order valence-corrected chi connectivity index (χ2v) is 5.36. The Morgan fingerprint density at radius 3 is 2.41 bits per heavy atom. The summed E-state index contributed by atoms with van der Waals surface area (Å²) in [6, 6.07) is 10.9. The van der Waals surface area contributed by atoms with Crippen molar-refractivity contribution in [3.05, 3.63) is 53.8 Å². The molecule has 0 radical (unpaired) electrons. The Kier molecular flexibility index (Phi) is 5.15. The van der Waals surface area contributed by atoms with Gasteiger partial charge in [0, 0.05) is 0 Å². The van der Waals surface area contributed by atoms with Crippen LogP contribution in [0.3, 0.4) is 0 Å². The predicted molar refractivity (Wildman–Crippen MR) is 83.2 cm³/mol. The molecule has 0 aromatic heterocycles. The van der Waals surface area contributed by atoms with Crippen molar-refractivity contribution in [2.45, 2.75) is 20.3 Å². The number of halogens is 1. The first-order valence-electron chi connectivity index (χ1n) is 7.27. The highest BCUT2D eigenvalue weighted by atomic mass is 19.1. The fraction of sp³-hybridized carbons (Fsp3) is 0.278. The van der Waals surface area contributed by atoms with Crippen molar-refractivity contribution >= 4 is 5.97 Å². The number of esters is 1. The molecule has 4 heteroatoms. The summed E-state index contributed by atoms with van der Waals surface area (Å²) in [7, 11) is 0. The molecule has 2 aromatic carbocycles. The monoisotopic (exact) mass is 302 g/mol. The Labute approximate surface area is 129 Å². The van der Waals surface area contributed by atoms with E-state index >= 15 is 0 Å². The molecule has 0 aliphatic rings. The Morgan fingerprint density at radius 2 is 1.82 bits per heavy atom. The number of hydrogen-bond donors (Lipinski definition) is 1. The predicted octanol–water partition coefficient (Wildman–Crippen LogP) is 4.40. The van der Waals surface area contributed by atoms with Gasteiger partial charge in [-0.1, -0.05) is 38.5 Å². The lowest BCUT2D eigenvalue weighted by atomic mass is 10.0. The van der Waals surface area contributed by atoms with Crippen LogP contribution in [0, 0.1) is 11.7 Å². The molecule has 0 heterocycles. The van der Waals surface area contributed by atoms with Crippen LogP contribution in [0.25, 0.3) is 11.1 Å². The van der Waals surface area contributed by atoms with Gasteiger partial charge in [0.2, 0.25) is 0 Å². The zero-order chi connectivity index (χ0) is 16.1. The molecular formula is C18H19FO3. The van der Waals surface area contributed by atoms with E-state index in [4.69, 9.17) is 4.74 Å². The van der Waals surface area contributed by atoms with Gasteiger partial charge in [0.25, 0.3) is 0 Å². The summed E-state index contributed by atoms with van der Waals surface area (Å²) in [5, 5.41) is 9.20. The normalized spacial score (nSPS) is 12.0. The lowest BCUT2D eigenvalue weighted by Gasteiger charge is -2.10. The zero-order valence-corrected chi connectivity index (χ0v) is 12.7. The Balaban J connectivity index is 2.09. The molecule has 1 N–H and O–H groups in total. The fourth-order valence-electron chi connectivity index (χ4n) is 1.90. The molecule has 0 amide bonds. The minimum Gasteiger partial charge on any atom is -0.505 e. The molecule has 22 heavy (non-hydrogen) atoms. The first-order valence-corrected chi connectivity index (χ1v) is 7.27.